The van der Waals surface area contributed by atoms with E-state index >= 15 is 0 Å². The molecule has 1 atom stereocenters. The number of pyridine rings is 1. The quantitative estimate of drug-likeness (QED) is 0.756. The van der Waals surface area contributed by atoms with Gasteiger partial charge in [-0.05, 0) is 44.2 Å². The number of sulfonamides is 1. The van der Waals surface area contributed by atoms with Crippen LogP contribution in [-0.4, -0.2) is 55.3 Å². The van der Waals surface area contributed by atoms with Crippen LogP contribution in [0, 0.1) is 0 Å². The lowest BCUT2D eigenvalue weighted by Crippen LogP contribution is -2.49. The number of hydrogen-bond donors (Lipinski definition) is 0. The summed E-state index contributed by atoms with van der Waals surface area (Å²) in [5.74, 6) is 0. The van der Waals surface area contributed by atoms with Gasteiger partial charge in [0.25, 0.3) is 0 Å². The maximum Gasteiger partial charge on any atom is 0.244 e. The third kappa shape index (κ3) is 4.43. The number of likely N-dealkylation sites (N-methyl/N-ethyl adjacent to an activating group) is 1. The lowest BCUT2D eigenvalue weighted by Gasteiger charge is -2.37. The van der Waals surface area contributed by atoms with Crippen LogP contribution in [0.4, 0.5) is 0 Å². The first-order chi connectivity index (χ1) is 12.5. The van der Waals surface area contributed by atoms with Gasteiger partial charge in [0.2, 0.25) is 10.0 Å². The third-order valence-corrected chi connectivity index (χ3v) is 7.25. The molecule has 0 bridgehead atoms. The van der Waals surface area contributed by atoms with Gasteiger partial charge >= 0.3 is 0 Å². The van der Waals surface area contributed by atoms with Gasteiger partial charge in [-0.1, -0.05) is 29.8 Å². The predicted octanol–water partition coefficient (Wildman–Crippen LogP) is 3.06. The molecule has 1 aromatic heterocycles. The van der Waals surface area contributed by atoms with E-state index < -0.39 is 10.0 Å². The first kappa shape index (κ1) is 19.3. The van der Waals surface area contributed by atoms with Crippen molar-refractivity contribution in [3.05, 3.63) is 59.4 Å². The molecule has 0 unspecified atom stereocenters. The maximum absolute atomic E-state index is 13.0. The van der Waals surface area contributed by atoms with E-state index in [1.165, 1.54) is 0 Å². The number of halogens is 1. The van der Waals surface area contributed by atoms with E-state index in [1.807, 2.05) is 18.2 Å². The Morgan fingerprint density at radius 2 is 2.00 bits per heavy atom. The van der Waals surface area contributed by atoms with Crippen molar-refractivity contribution < 1.29 is 8.42 Å². The smallest absolute Gasteiger partial charge is 0.244 e. The van der Waals surface area contributed by atoms with Gasteiger partial charge in [0.05, 0.1) is 5.02 Å². The molecule has 0 spiro atoms. The molecule has 0 N–H and O–H groups in total. The van der Waals surface area contributed by atoms with Crippen molar-refractivity contribution in [3.63, 3.8) is 0 Å². The molecular formula is C19H24ClN3O2S. The average Bonchev–Trinajstić information content (AvgIpc) is 2.67. The molecule has 140 valence electrons. The first-order valence-electron chi connectivity index (χ1n) is 8.83. The summed E-state index contributed by atoms with van der Waals surface area (Å²) in [4.78, 5) is 6.78. The molecule has 1 saturated heterocycles. The van der Waals surface area contributed by atoms with E-state index in [1.54, 1.807) is 34.8 Å². The van der Waals surface area contributed by atoms with Crippen molar-refractivity contribution in [2.75, 3.05) is 26.7 Å². The Kier molecular flexibility index (Phi) is 6.29. The van der Waals surface area contributed by atoms with Crippen LogP contribution in [0.25, 0.3) is 0 Å². The topological polar surface area (TPSA) is 53.5 Å². The van der Waals surface area contributed by atoms with Crippen molar-refractivity contribution in [2.45, 2.75) is 30.2 Å². The summed E-state index contributed by atoms with van der Waals surface area (Å²) in [6.45, 7) is 1.88. The highest BCUT2D eigenvalue weighted by Crippen LogP contribution is 2.27. The van der Waals surface area contributed by atoms with Crippen molar-refractivity contribution in [3.8, 4) is 0 Å². The second kappa shape index (κ2) is 8.48. The molecule has 2 heterocycles. The van der Waals surface area contributed by atoms with Gasteiger partial charge in [0, 0.05) is 44.0 Å². The normalized spacial score (nSPS) is 19.0. The van der Waals surface area contributed by atoms with E-state index in [0.717, 1.165) is 31.5 Å². The van der Waals surface area contributed by atoms with Gasteiger partial charge in [-0.2, -0.15) is 4.31 Å². The fraction of sp³-hybridized carbons (Fsp3) is 0.421. The van der Waals surface area contributed by atoms with Crippen LogP contribution in [0.1, 0.15) is 18.5 Å². The van der Waals surface area contributed by atoms with Crippen LogP contribution >= 0.6 is 11.6 Å². The van der Waals surface area contributed by atoms with Gasteiger partial charge < -0.3 is 4.90 Å². The summed E-state index contributed by atoms with van der Waals surface area (Å²) in [5, 5.41) is 0.276. The van der Waals surface area contributed by atoms with Gasteiger partial charge in [-0.25, -0.2) is 8.42 Å². The summed E-state index contributed by atoms with van der Waals surface area (Å²) in [6, 6.07) is 12.8. The monoisotopic (exact) mass is 393 g/mol. The van der Waals surface area contributed by atoms with Crippen LogP contribution in [0.2, 0.25) is 5.02 Å². The molecule has 0 aliphatic carbocycles. The minimum Gasteiger partial charge on any atom is -0.302 e. The molecule has 2 aromatic rings. The Bertz CT molecular complexity index is 830. The number of nitrogens with zero attached hydrogens (tertiary/aromatic N) is 3. The minimum atomic E-state index is -3.56. The molecule has 7 heteroatoms. The predicted molar refractivity (Wildman–Crippen MR) is 104 cm³/mol. The number of rotatable bonds is 6. The highest BCUT2D eigenvalue weighted by molar-refractivity contribution is 7.89. The van der Waals surface area contributed by atoms with Crippen molar-refractivity contribution in [1.82, 2.24) is 14.2 Å². The average molecular weight is 394 g/mol. The SMILES string of the molecule is CN(CCc1ccccn1)[C@@H]1CCCN(S(=O)(=O)c2ccccc2Cl)C1. The lowest BCUT2D eigenvalue weighted by molar-refractivity contribution is 0.164. The Labute approximate surface area is 160 Å². The van der Waals surface area contributed by atoms with E-state index in [4.69, 9.17) is 11.6 Å². The molecule has 26 heavy (non-hydrogen) atoms. The van der Waals surface area contributed by atoms with E-state index in [9.17, 15) is 8.42 Å². The summed E-state index contributed by atoms with van der Waals surface area (Å²) in [5.41, 5.74) is 1.05. The fourth-order valence-corrected chi connectivity index (χ4v) is 5.32. The number of hydrogen-bond acceptors (Lipinski definition) is 4. The molecule has 1 fully saturated rings. The first-order valence-corrected chi connectivity index (χ1v) is 10.6. The fourth-order valence-electron chi connectivity index (χ4n) is 3.31. The number of benzene rings is 1. The van der Waals surface area contributed by atoms with E-state index in [-0.39, 0.29) is 16.0 Å². The Balaban J connectivity index is 1.66. The van der Waals surface area contributed by atoms with Crippen LogP contribution in [-0.2, 0) is 16.4 Å². The zero-order valence-corrected chi connectivity index (χ0v) is 16.5. The molecule has 1 aliphatic heterocycles. The van der Waals surface area contributed by atoms with Crippen LogP contribution in [0.15, 0.2) is 53.6 Å². The van der Waals surface area contributed by atoms with Crippen molar-refractivity contribution in [1.29, 1.82) is 0 Å². The van der Waals surface area contributed by atoms with Crippen LogP contribution in [0.3, 0.4) is 0 Å². The van der Waals surface area contributed by atoms with Gasteiger partial charge in [-0.3, -0.25) is 4.98 Å². The molecule has 3 rings (SSSR count). The molecule has 5 nitrogen and oxygen atoms in total. The van der Waals surface area contributed by atoms with Crippen molar-refractivity contribution in [2.24, 2.45) is 0 Å². The zero-order chi connectivity index (χ0) is 18.6. The second-order valence-electron chi connectivity index (χ2n) is 6.64. The highest BCUT2D eigenvalue weighted by Gasteiger charge is 2.32. The summed E-state index contributed by atoms with van der Waals surface area (Å²) >= 11 is 6.12. The number of piperidine rings is 1. The lowest BCUT2D eigenvalue weighted by atomic mass is 10.1. The van der Waals surface area contributed by atoms with Crippen molar-refractivity contribution >= 4 is 21.6 Å². The Hall–Kier alpha value is -1.47. The van der Waals surface area contributed by atoms with Crippen LogP contribution < -0.4 is 0 Å². The largest absolute Gasteiger partial charge is 0.302 e. The zero-order valence-electron chi connectivity index (χ0n) is 14.9. The molecule has 0 amide bonds. The molecular weight excluding hydrogens is 370 g/mol. The maximum atomic E-state index is 13.0. The molecule has 0 saturated carbocycles. The summed E-state index contributed by atoms with van der Waals surface area (Å²) in [7, 11) is -1.51. The summed E-state index contributed by atoms with van der Waals surface area (Å²) < 4.78 is 27.5. The van der Waals surface area contributed by atoms with Crippen LogP contribution in [0.5, 0.6) is 0 Å². The molecule has 0 radical (unpaired) electrons. The minimum absolute atomic E-state index is 0.193. The molecule has 1 aromatic carbocycles. The number of aromatic nitrogens is 1. The van der Waals surface area contributed by atoms with Gasteiger partial charge in [0.15, 0.2) is 0 Å². The third-order valence-electron chi connectivity index (χ3n) is 4.88. The molecule has 1 aliphatic rings. The Morgan fingerprint density at radius 1 is 1.23 bits per heavy atom. The Morgan fingerprint density at radius 3 is 2.73 bits per heavy atom. The van der Waals surface area contributed by atoms with E-state index in [2.05, 4.69) is 16.9 Å². The van der Waals surface area contributed by atoms with E-state index in [0.29, 0.717) is 13.1 Å². The highest BCUT2D eigenvalue weighted by atomic mass is 35.5. The standard InChI is InChI=1S/C19H24ClN3O2S/c1-22(14-11-16-7-4-5-12-21-16)17-8-6-13-23(15-17)26(24,25)19-10-3-2-9-18(19)20/h2-5,7,9-10,12,17H,6,8,11,13-15H2,1H3/t17-/m1/s1. The summed E-state index contributed by atoms with van der Waals surface area (Å²) in [6.07, 6.45) is 4.49. The second-order valence-corrected chi connectivity index (χ2v) is 8.95. The van der Waals surface area contributed by atoms with Gasteiger partial charge in [0.1, 0.15) is 4.90 Å². The van der Waals surface area contributed by atoms with Gasteiger partial charge in [-0.15, -0.1) is 0 Å².